The van der Waals surface area contributed by atoms with Gasteiger partial charge in [-0.1, -0.05) is 28.1 Å². The van der Waals surface area contributed by atoms with Gasteiger partial charge in [0.25, 0.3) is 0 Å². The molecule has 1 aromatic carbocycles. The van der Waals surface area contributed by atoms with Gasteiger partial charge in [0.1, 0.15) is 5.82 Å². The van der Waals surface area contributed by atoms with Crippen LogP contribution in [0.15, 0.2) is 35.3 Å². The Morgan fingerprint density at radius 3 is 2.73 bits per heavy atom. The van der Waals surface area contributed by atoms with Crippen LogP contribution in [0.5, 0.6) is 0 Å². The number of hydrogen-bond acceptors (Lipinski definition) is 1. The predicted octanol–water partition coefficient (Wildman–Crippen LogP) is 3.98. The highest BCUT2D eigenvalue weighted by Gasteiger charge is 2.13. The van der Waals surface area contributed by atoms with Crippen LogP contribution in [0.4, 0.5) is 4.39 Å². The molecule has 0 aliphatic rings. The van der Waals surface area contributed by atoms with Gasteiger partial charge in [0.15, 0.2) is 0 Å². The van der Waals surface area contributed by atoms with Crippen LogP contribution >= 0.6 is 28.3 Å². The summed E-state index contributed by atoms with van der Waals surface area (Å²) in [7, 11) is 0. The van der Waals surface area contributed by atoms with E-state index in [1.165, 1.54) is 6.07 Å². The summed E-state index contributed by atoms with van der Waals surface area (Å²) in [5, 5.41) is 0. The van der Waals surface area contributed by atoms with Crippen LogP contribution in [0.3, 0.4) is 0 Å². The lowest BCUT2D eigenvalue weighted by molar-refractivity contribution is 0.564. The summed E-state index contributed by atoms with van der Waals surface area (Å²) in [6.07, 6.45) is 3.29. The summed E-state index contributed by atoms with van der Waals surface area (Å²) >= 11 is 3.29. The van der Waals surface area contributed by atoms with Gasteiger partial charge in [0.2, 0.25) is 0 Å². The zero-order valence-corrected chi connectivity index (χ0v) is 10.7. The molecule has 0 spiro atoms. The Morgan fingerprint density at radius 1 is 1.53 bits per heavy atom. The number of rotatable bonds is 4. The second-order valence-corrected chi connectivity index (χ2v) is 3.96. The summed E-state index contributed by atoms with van der Waals surface area (Å²) in [4.78, 5) is 0. The number of allylic oxidation sites excluding steroid dienone is 1. The molecule has 0 radical (unpaired) electrons. The van der Waals surface area contributed by atoms with Gasteiger partial charge in [-0.05, 0) is 25.0 Å². The Morgan fingerprint density at radius 2 is 2.20 bits per heavy atom. The van der Waals surface area contributed by atoms with Gasteiger partial charge in [0, 0.05) is 16.1 Å². The fourth-order valence-electron chi connectivity index (χ4n) is 1.31. The summed E-state index contributed by atoms with van der Waals surface area (Å²) in [6.45, 7) is 3.61. The largest absolute Gasteiger partial charge is 0.324 e. The molecular formula is C11H14BrClFN. The Kier molecular flexibility index (Phi) is 6.81. The summed E-state index contributed by atoms with van der Waals surface area (Å²) in [5.41, 5.74) is 6.42. The zero-order chi connectivity index (χ0) is 10.6. The van der Waals surface area contributed by atoms with Gasteiger partial charge in [-0.25, -0.2) is 4.39 Å². The molecule has 1 aromatic rings. The van der Waals surface area contributed by atoms with E-state index in [2.05, 4.69) is 22.5 Å². The van der Waals surface area contributed by atoms with Crippen LogP contribution in [-0.2, 0) is 0 Å². The molecule has 84 valence electrons. The maximum Gasteiger partial charge on any atom is 0.129 e. The van der Waals surface area contributed by atoms with E-state index in [-0.39, 0.29) is 24.3 Å². The summed E-state index contributed by atoms with van der Waals surface area (Å²) in [5.74, 6) is -0.254. The molecule has 0 amide bonds. The number of halogens is 3. The van der Waals surface area contributed by atoms with Crippen LogP contribution in [0.1, 0.15) is 24.4 Å². The highest BCUT2D eigenvalue weighted by atomic mass is 79.9. The van der Waals surface area contributed by atoms with Crippen molar-refractivity contribution in [2.75, 3.05) is 0 Å². The van der Waals surface area contributed by atoms with Gasteiger partial charge in [-0.15, -0.1) is 19.0 Å². The van der Waals surface area contributed by atoms with Crippen LogP contribution < -0.4 is 5.73 Å². The molecule has 0 bridgehead atoms. The van der Waals surface area contributed by atoms with Crippen molar-refractivity contribution in [3.8, 4) is 0 Å². The van der Waals surface area contributed by atoms with Crippen LogP contribution in [0.2, 0.25) is 0 Å². The minimum atomic E-state index is -0.274. The molecule has 4 heteroatoms. The Hall–Kier alpha value is -0.380. The van der Waals surface area contributed by atoms with Crippen molar-refractivity contribution in [1.82, 2.24) is 0 Å². The van der Waals surface area contributed by atoms with Crippen molar-refractivity contribution in [2.24, 2.45) is 5.73 Å². The van der Waals surface area contributed by atoms with E-state index in [0.29, 0.717) is 12.0 Å². The van der Waals surface area contributed by atoms with Gasteiger partial charge in [-0.2, -0.15) is 0 Å². The fraction of sp³-hybridized carbons (Fsp3) is 0.273. The van der Waals surface area contributed by atoms with Crippen molar-refractivity contribution >= 4 is 28.3 Å². The van der Waals surface area contributed by atoms with E-state index < -0.39 is 0 Å². The van der Waals surface area contributed by atoms with E-state index in [0.717, 1.165) is 10.9 Å². The number of nitrogens with two attached hydrogens (primary N) is 1. The van der Waals surface area contributed by atoms with Crippen LogP contribution in [-0.4, -0.2) is 0 Å². The third-order valence-corrected chi connectivity index (χ3v) is 2.74. The highest BCUT2D eigenvalue weighted by molar-refractivity contribution is 9.10. The third kappa shape index (κ3) is 3.93. The van der Waals surface area contributed by atoms with E-state index in [4.69, 9.17) is 5.73 Å². The third-order valence-electron chi connectivity index (χ3n) is 2.05. The average molecular weight is 295 g/mol. The van der Waals surface area contributed by atoms with Gasteiger partial charge in [-0.3, -0.25) is 0 Å². The molecule has 0 saturated carbocycles. The zero-order valence-electron chi connectivity index (χ0n) is 8.25. The van der Waals surface area contributed by atoms with Crippen molar-refractivity contribution in [1.29, 1.82) is 0 Å². The van der Waals surface area contributed by atoms with Gasteiger partial charge in [0.05, 0.1) is 0 Å². The molecule has 0 aromatic heterocycles. The van der Waals surface area contributed by atoms with Gasteiger partial charge >= 0.3 is 0 Å². The normalized spacial score (nSPS) is 11.7. The fourth-order valence-corrected chi connectivity index (χ4v) is 1.94. The van der Waals surface area contributed by atoms with Crippen molar-refractivity contribution < 1.29 is 4.39 Å². The monoisotopic (exact) mass is 293 g/mol. The van der Waals surface area contributed by atoms with E-state index in [1.807, 2.05) is 0 Å². The molecule has 0 aliphatic heterocycles. The van der Waals surface area contributed by atoms with E-state index in [9.17, 15) is 4.39 Å². The second kappa shape index (κ2) is 6.99. The van der Waals surface area contributed by atoms with Crippen LogP contribution in [0.25, 0.3) is 0 Å². The lowest BCUT2D eigenvalue weighted by atomic mass is 10.0. The first-order valence-electron chi connectivity index (χ1n) is 4.47. The molecule has 2 N–H and O–H groups in total. The van der Waals surface area contributed by atoms with E-state index >= 15 is 0 Å². The molecule has 0 saturated heterocycles. The summed E-state index contributed by atoms with van der Waals surface area (Å²) < 4.78 is 14.1. The maximum atomic E-state index is 13.4. The quantitative estimate of drug-likeness (QED) is 0.835. The topological polar surface area (TPSA) is 26.0 Å². The first-order chi connectivity index (χ1) is 6.66. The Bertz CT molecular complexity index is 310. The standard InChI is InChI=1S/C11H13BrFN.ClH/c1-2-3-7-10(14)11-8(12)5-4-6-9(11)13;/h2,4-6,10H,1,3,7,14H2;1H/t10-;/m1./s1. The first-order valence-corrected chi connectivity index (χ1v) is 5.26. The maximum absolute atomic E-state index is 13.4. The first kappa shape index (κ1) is 14.6. The lowest BCUT2D eigenvalue weighted by Gasteiger charge is -2.13. The van der Waals surface area contributed by atoms with Crippen LogP contribution in [0, 0.1) is 5.82 Å². The molecule has 0 aliphatic carbocycles. The Labute approximate surface area is 104 Å². The Balaban J connectivity index is 0.00000196. The second-order valence-electron chi connectivity index (χ2n) is 3.11. The predicted molar refractivity (Wildman–Crippen MR) is 67.7 cm³/mol. The van der Waals surface area contributed by atoms with Crippen molar-refractivity contribution in [3.63, 3.8) is 0 Å². The summed E-state index contributed by atoms with van der Waals surface area (Å²) in [6, 6.07) is 4.60. The smallest absolute Gasteiger partial charge is 0.129 e. The number of benzene rings is 1. The minimum Gasteiger partial charge on any atom is -0.324 e. The van der Waals surface area contributed by atoms with Crippen molar-refractivity contribution in [3.05, 3.63) is 46.7 Å². The molecule has 1 rings (SSSR count). The molecule has 0 heterocycles. The van der Waals surface area contributed by atoms with Gasteiger partial charge < -0.3 is 5.73 Å². The number of hydrogen-bond donors (Lipinski definition) is 1. The molecule has 0 unspecified atom stereocenters. The molecule has 1 atom stereocenters. The lowest BCUT2D eigenvalue weighted by Crippen LogP contribution is -2.12. The highest BCUT2D eigenvalue weighted by Crippen LogP contribution is 2.27. The van der Waals surface area contributed by atoms with E-state index in [1.54, 1.807) is 18.2 Å². The molecule has 1 nitrogen and oxygen atoms in total. The average Bonchev–Trinajstić information content (AvgIpc) is 2.14. The molecular weight excluding hydrogens is 280 g/mol. The minimum absolute atomic E-state index is 0. The molecule has 15 heavy (non-hydrogen) atoms. The SMILES string of the molecule is C=CCC[C@@H](N)c1c(F)cccc1Br.Cl. The van der Waals surface area contributed by atoms with Crippen molar-refractivity contribution in [2.45, 2.75) is 18.9 Å². The molecule has 0 fully saturated rings.